The molecule has 0 fully saturated rings. The van der Waals surface area contributed by atoms with Crippen molar-refractivity contribution >= 4 is 17.9 Å². The summed E-state index contributed by atoms with van der Waals surface area (Å²) in [5.41, 5.74) is 0. The van der Waals surface area contributed by atoms with Gasteiger partial charge in [-0.3, -0.25) is 14.4 Å². The Morgan fingerprint density at radius 2 is 0.623 bits per heavy atom. The van der Waals surface area contributed by atoms with Crippen molar-refractivity contribution < 1.29 is 28.6 Å². The lowest BCUT2D eigenvalue weighted by molar-refractivity contribution is -0.167. The molecule has 0 aromatic heterocycles. The van der Waals surface area contributed by atoms with Crippen LogP contribution in [0.25, 0.3) is 0 Å². The van der Waals surface area contributed by atoms with Gasteiger partial charge >= 0.3 is 17.9 Å². The van der Waals surface area contributed by atoms with Crippen molar-refractivity contribution in [2.75, 3.05) is 13.2 Å². The van der Waals surface area contributed by atoms with Gasteiger partial charge in [-0.1, -0.05) is 224 Å². The Hall–Kier alpha value is -2.37. The number of ether oxygens (including phenoxy) is 3. The summed E-state index contributed by atoms with van der Waals surface area (Å²) in [5, 5.41) is 0. The van der Waals surface area contributed by atoms with E-state index in [1.54, 1.807) is 0 Å². The summed E-state index contributed by atoms with van der Waals surface area (Å²) in [6, 6.07) is 0. The van der Waals surface area contributed by atoms with Gasteiger partial charge in [-0.2, -0.15) is 0 Å². The molecule has 6 nitrogen and oxygen atoms in total. The molecule has 0 saturated carbocycles. The SMILES string of the molecule is CCC/C=C\CCCCCCCC(=O)OCC(COC(=O)CCCCCCCCC/C=C\C/C=C\CCCCCC)OC(=O)CCCCCCCCCCCCCCCCC. The van der Waals surface area contributed by atoms with E-state index in [0.29, 0.717) is 19.3 Å². The van der Waals surface area contributed by atoms with Crippen molar-refractivity contribution in [3.05, 3.63) is 36.5 Å². The van der Waals surface area contributed by atoms with E-state index < -0.39 is 6.10 Å². The minimum Gasteiger partial charge on any atom is -0.462 e. The van der Waals surface area contributed by atoms with Gasteiger partial charge < -0.3 is 14.2 Å². The number of carbonyl (C=O) groups is 3. The third kappa shape index (κ3) is 48.5. The third-order valence-corrected chi connectivity index (χ3v) is 11.6. The molecule has 0 saturated heterocycles. The maximum atomic E-state index is 12.8. The summed E-state index contributed by atoms with van der Waals surface area (Å²) in [4.78, 5) is 37.9. The van der Waals surface area contributed by atoms with Crippen LogP contribution in [0.15, 0.2) is 36.5 Å². The molecule has 0 aliphatic carbocycles. The molecule has 1 atom stereocenters. The van der Waals surface area contributed by atoms with E-state index in [9.17, 15) is 14.4 Å². The Balaban J connectivity index is 4.32. The number of carbonyl (C=O) groups excluding carboxylic acids is 3. The molecule has 356 valence electrons. The van der Waals surface area contributed by atoms with Gasteiger partial charge in [-0.15, -0.1) is 0 Å². The van der Waals surface area contributed by atoms with Crippen molar-refractivity contribution in [3.8, 4) is 0 Å². The van der Waals surface area contributed by atoms with E-state index in [-0.39, 0.29) is 31.1 Å². The van der Waals surface area contributed by atoms with Gasteiger partial charge in [0.1, 0.15) is 13.2 Å². The molecule has 0 aromatic rings. The molecule has 1 unspecified atom stereocenters. The first kappa shape index (κ1) is 58.6. The lowest BCUT2D eigenvalue weighted by Crippen LogP contribution is -2.30. The summed E-state index contributed by atoms with van der Waals surface area (Å²) in [6.45, 7) is 6.57. The average molecular weight is 857 g/mol. The maximum absolute atomic E-state index is 12.8. The molecule has 0 aliphatic heterocycles. The molecule has 0 aromatic carbocycles. The van der Waals surface area contributed by atoms with Crippen molar-refractivity contribution in [2.24, 2.45) is 0 Å². The maximum Gasteiger partial charge on any atom is 0.306 e. The fourth-order valence-electron chi connectivity index (χ4n) is 7.59. The number of rotatable bonds is 48. The lowest BCUT2D eigenvalue weighted by Gasteiger charge is -2.18. The number of hydrogen-bond donors (Lipinski definition) is 0. The van der Waals surface area contributed by atoms with Gasteiger partial charge in [0.15, 0.2) is 6.10 Å². The molecule has 0 heterocycles. The Morgan fingerprint density at radius 3 is 1.00 bits per heavy atom. The fraction of sp³-hybridized carbons (Fsp3) is 0.836. The first-order chi connectivity index (χ1) is 30.0. The summed E-state index contributed by atoms with van der Waals surface area (Å²) >= 11 is 0. The molecule has 0 N–H and O–H groups in total. The predicted octanol–water partition coefficient (Wildman–Crippen LogP) is 17.3. The quantitative estimate of drug-likeness (QED) is 0.0262. The molecule has 6 heteroatoms. The Bertz CT molecular complexity index is 1030. The zero-order valence-electron chi connectivity index (χ0n) is 40.7. The van der Waals surface area contributed by atoms with E-state index in [2.05, 4.69) is 57.2 Å². The fourth-order valence-corrected chi connectivity index (χ4v) is 7.59. The van der Waals surface area contributed by atoms with Crippen LogP contribution < -0.4 is 0 Å². The molecular weight excluding hydrogens is 757 g/mol. The molecular formula is C55H100O6. The highest BCUT2D eigenvalue weighted by Crippen LogP contribution is 2.16. The monoisotopic (exact) mass is 857 g/mol. The van der Waals surface area contributed by atoms with Crippen LogP contribution in [0.5, 0.6) is 0 Å². The van der Waals surface area contributed by atoms with Crippen molar-refractivity contribution in [1.82, 2.24) is 0 Å². The standard InChI is InChI=1S/C55H100O6/c1-4-7-10-13-16-19-22-24-26-27-28-30-31-33-36-39-42-45-48-54(57)60-51-52(50-59-53(56)47-44-41-38-35-21-18-15-12-9-6-3)61-55(58)49-46-43-40-37-34-32-29-25-23-20-17-14-11-8-5-2/h12,15,19,22,26-27,52H,4-11,13-14,16-18,20-21,23-25,28-51H2,1-3H3/b15-12-,22-19-,27-26-. The van der Waals surface area contributed by atoms with Crippen molar-refractivity contribution in [3.63, 3.8) is 0 Å². The minimum atomic E-state index is -0.774. The second kappa shape index (κ2) is 50.3. The van der Waals surface area contributed by atoms with E-state index in [1.165, 1.54) is 154 Å². The highest BCUT2D eigenvalue weighted by molar-refractivity contribution is 5.71. The largest absolute Gasteiger partial charge is 0.462 e. The zero-order valence-corrected chi connectivity index (χ0v) is 40.7. The second-order valence-electron chi connectivity index (χ2n) is 17.8. The van der Waals surface area contributed by atoms with Crippen LogP contribution in [-0.4, -0.2) is 37.2 Å². The van der Waals surface area contributed by atoms with Crippen LogP contribution in [-0.2, 0) is 28.6 Å². The van der Waals surface area contributed by atoms with Crippen molar-refractivity contribution in [1.29, 1.82) is 0 Å². The first-order valence-electron chi connectivity index (χ1n) is 26.5. The van der Waals surface area contributed by atoms with Gasteiger partial charge in [0.05, 0.1) is 0 Å². The van der Waals surface area contributed by atoms with Crippen LogP contribution in [0.2, 0.25) is 0 Å². The minimum absolute atomic E-state index is 0.0762. The van der Waals surface area contributed by atoms with Gasteiger partial charge in [0.2, 0.25) is 0 Å². The Labute approximate surface area is 378 Å². The van der Waals surface area contributed by atoms with Crippen LogP contribution >= 0.6 is 0 Å². The average Bonchev–Trinajstić information content (AvgIpc) is 3.26. The molecule has 61 heavy (non-hydrogen) atoms. The highest BCUT2D eigenvalue weighted by Gasteiger charge is 2.19. The van der Waals surface area contributed by atoms with E-state index in [1.807, 2.05) is 0 Å². The normalized spacial score (nSPS) is 12.2. The zero-order chi connectivity index (χ0) is 44.4. The summed E-state index contributed by atoms with van der Waals surface area (Å²) in [7, 11) is 0. The number of unbranched alkanes of at least 4 members (excludes halogenated alkanes) is 31. The second-order valence-corrected chi connectivity index (χ2v) is 17.8. The number of hydrogen-bond acceptors (Lipinski definition) is 6. The third-order valence-electron chi connectivity index (χ3n) is 11.6. The summed E-state index contributed by atoms with van der Waals surface area (Å²) in [6.07, 6.45) is 58.4. The predicted molar refractivity (Wildman–Crippen MR) is 261 cm³/mol. The van der Waals surface area contributed by atoms with E-state index >= 15 is 0 Å². The van der Waals surface area contributed by atoms with Gasteiger partial charge in [-0.05, 0) is 70.6 Å². The van der Waals surface area contributed by atoms with E-state index in [0.717, 1.165) is 83.5 Å². The smallest absolute Gasteiger partial charge is 0.306 e. The van der Waals surface area contributed by atoms with Gasteiger partial charge in [-0.25, -0.2) is 0 Å². The van der Waals surface area contributed by atoms with Gasteiger partial charge in [0.25, 0.3) is 0 Å². The topological polar surface area (TPSA) is 78.9 Å². The first-order valence-corrected chi connectivity index (χ1v) is 26.5. The molecule has 0 amide bonds. The molecule has 0 bridgehead atoms. The Morgan fingerprint density at radius 1 is 0.328 bits per heavy atom. The van der Waals surface area contributed by atoms with Crippen LogP contribution in [0.4, 0.5) is 0 Å². The van der Waals surface area contributed by atoms with Crippen LogP contribution in [0, 0.1) is 0 Å². The summed E-state index contributed by atoms with van der Waals surface area (Å²) in [5.74, 6) is -0.883. The molecule has 0 rings (SSSR count). The van der Waals surface area contributed by atoms with Crippen molar-refractivity contribution in [2.45, 2.75) is 284 Å². The highest BCUT2D eigenvalue weighted by atomic mass is 16.6. The Kier molecular flexibility index (Phi) is 48.3. The number of esters is 3. The molecule has 0 aliphatic rings. The number of allylic oxidation sites excluding steroid dienone is 6. The van der Waals surface area contributed by atoms with Gasteiger partial charge in [0, 0.05) is 19.3 Å². The van der Waals surface area contributed by atoms with Crippen LogP contribution in [0.1, 0.15) is 278 Å². The molecule has 0 spiro atoms. The summed E-state index contributed by atoms with van der Waals surface area (Å²) < 4.78 is 16.8. The van der Waals surface area contributed by atoms with E-state index in [4.69, 9.17) is 14.2 Å². The molecule has 0 radical (unpaired) electrons. The van der Waals surface area contributed by atoms with Crippen LogP contribution in [0.3, 0.4) is 0 Å². The lowest BCUT2D eigenvalue weighted by atomic mass is 10.0.